The van der Waals surface area contributed by atoms with E-state index in [0.29, 0.717) is 24.5 Å². The first-order valence-corrected chi connectivity index (χ1v) is 5.93. The summed E-state index contributed by atoms with van der Waals surface area (Å²) in [6.07, 6.45) is -1.20. The Hall–Kier alpha value is -2.32. The van der Waals surface area contributed by atoms with Gasteiger partial charge in [-0.15, -0.1) is 0 Å². The molecule has 0 saturated heterocycles. The Morgan fingerprint density at radius 3 is 2.55 bits per heavy atom. The van der Waals surface area contributed by atoms with Gasteiger partial charge in [0.2, 0.25) is 5.91 Å². The molecule has 0 aliphatic heterocycles. The van der Waals surface area contributed by atoms with Gasteiger partial charge >= 0.3 is 0 Å². The zero-order valence-corrected chi connectivity index (χ0v) is 10.8. The highest BCUT2D eigenvalue weighted by molar-refractivity contribution is 5.97. The van der Waals surface area contributed by atoms with Gasteiger partial charge in [-0.3, -0.25) is 4.79 Å². The van der Waals surface area contributed by atoms with Crippen molar-refractivity contribution in [2.75, 3.05) is 19.7 Å². The van der Waals surface area contributed by atoms with Gasteiger partial charge < -0.3 is 31.8 Å². The lowest BCUT2D eigenvalue weighted by molar-refractivity contribution is -0.125. The van der Waals surface area contributed by atoms with Gasteiger partial charge in [-0.05, 0) is 24.3 Å². The molecule has 20 heavy (non-hydrogen) atoms. The lowest BCUT2D eigenvalue weighted by Gasteiger charge is -2.10. The van der Waals surface area contributed by atoms with Crippen molar-refractivity contribution >= 4 is 11.7 Å². The molecule has 1 unspecified atom stereocenters. The molecule has 0 radical (unpaired) electrons. The van der Waals surface area contributed by atoms with Crippen LogP contribution in [-0.4, -0.2) is 47.9 Å². The maximum atomic E-state index is 10.6. The second-order valence-corrected chi connectivity index (χ2v) is 3.98. The third-order valence-corrected chi connectivity index (χ3v) is 2.47. The first kappa shape index (κ1) is 15.7. The van der Waals surface area contributed by atoms with Crippen molar-refractivity contribution in [2.24, 2.45) is 16.6 Å². The number of nitrogens with two attached hydrogens (primary N) is 2. The predicted molar refractivity (Wildman–Crippen MR) is 72.5 cm³/mol. The number of amidine groups is 1. The van der Waals surface area contributed by atoms with Crippen molar-refractivity contribution in [2.45, 2.75) is 6.10 Å². The standard InChI is InChI=1S/C12H18N4O4/c13-11(16-19)8-1-3-9(4-2-8)20-6-5-15-7-10(17)12(14)18/h1-4,10,15,17,19H,5-7H2,(H2,13,16)(H2,14,18). The Kier molecular flexibility index (Phi) is 6.27. The summed E-state index contributed by atoms with van der Waals surface area (Å²) < 4.78 is 5.41. The number of hydrogen-bond acceptors (Lipinski definition) is 6. The van der Waals surface area contributed by atoms with Crippen molar-refractivity contribution < 1.29 is 19.8 Å². The number of amides is 1. The smallest absolute Gasteiger partial charge is 0.247 e. The fourth-order valence-corrected chi connectivity index (χ4v) is 1.36. The molecule has 0 fully saturated rings. The van der Waals surface area contributed by atoms with Gasteiger partial charge in [-0.1, -0.05) is 5.16 Å². The number of aliphatic hydroxyl groups is 1. The van der Waals surface area contributed by atoms with Crippen molar-refractivity contribution in [3.8, 4) is 5.75 Å². The number of carbonyl (C=O) groups excluding carboxylic acids is 1. The molecule has 7 N–H and O–H groups in total. The van der Waals surface area contributed by atoms with E-state index in [2.05, 4.69) is 10.5 Å². The summed E-state index contributed by atoms with van der Waals surface area (Å²) in [6.45, 7) is 0.891. The number of hydrogen-bond donors (Lipinski definition) is 5. The van der Waals surface area contributed by atoms with E-state index in [-0.39, 0.29) is 12.4 Å². The number of oxime groups is 1. The molecule has 0 heterocycles. The average Bonchev–Trinajstić information content (AvgIpc) is 2.46. The van der Waals surface area contributed by atoms with Gasteiger partial charge in [0.05, 0.1) is 0 Å². The van der Waals surface area contributed by atoms with E-state index in [0.717, 1.165) is 0 Å². The number of benzene rings is 1. The van der Waals surface area contributed by atoms with E-state index >= 15 is 0 Å². The summed E-state index contributed by atoms with van der Waals surface area (Å²) in [5, 5.41) is 23.4. The molecule has 1 aromatic rings. The van der Waals surface area contributed by atoms with Crippen LogP contribution in [0.3, 0.4) is 0 Å². The van der Waals surface area contributed by atoms with Gasteiger partial charge in [-0.2, -0.15) is 0 Å². The first-order chi connectivity index (χ1) is 9.54. The molecule has 0 bridgehead atoms. The van der Waals surface area contributed by atoms with E-state index in [1.807, 2.05) is 0 Å². The van der Waals surface area contributed by atoms with E-state index in [1.165, 1.54) is 0 Å². The van der Waals surface area contributed by atoms with Crippen molar-refractivity contribution in [1.29, 1.82) is 0 Å². The summed E-state index contributed by atoms with van der Waals surface area (Å²) >= 11 is 0. The van der Waals surface area contributed by atoms with Crippen LogP contribution in [0.25, 0.3) is 0 Å². The van der Waals surface area contributed by atoms with Crippen LogP contribution in [0.1, 0.15) is 5.56 Å². The van der Waals surface area contributed by atoms with Gasteiger partial charge in [0.1, 0.15) is 18.5 Å². The molecule has 8 heteroatoms. The Morgan fingerprint density at radius 2 is 2.00 bits per heavy atom. The first-order valence-electron chi connectivity index (χ1n) is 5.93. The molecule has 0 aromatic heterocycles. The van der Waals surface area contributed by atoms with Crippen LogP contribution in [0.4, 0.5) is 0 Å². The summed E-state index contributed by atoms with van der Waals surface area (Å²) in [5.74, 6) is -0.118. The number of carbonyl (C=O) groups is 1. The summed E-state index contributed by atoms with van der Waals surface area (Å²) in [5.41, 5.74) is 10.9. The molecule has 0 aliphatic rings. The van der Waals surface area contributed by atoms with E-state index in [9.17, 15) is 4.79 Å². The van der Waals surface area contributed by atoms with Crippen LogP contribution >= 0.6 is 0 Å². The molecule has 8 nitrogen and oxygen atoms in total. The van der Waals surface area contributed by atoms with Crippen LogP contribution < -0.4 is 21.5 Å². The van der Waals surface area contributed by atoms with E-state index in [1.54, 1.807) is 24.3 Å². The Labute approximate surface area is 116 Å². The minimum Gasteiger partial charge on any atom is -0.492 e. The third-order valence-electron chi connectivity index (χ3n) is 2.47. The Bertz CT molecular complexity index is 461. The number of nitrogens with zero attached hydrogens (tertiary/aromatic N) is 1. The van der Waals surface area contributed by atoms with Crippen molar-refractivity contribution in [3.63, 3.8) is 0 Å². The minimum absolute atomic E-state index is 0.0265. The van der Waals surface area contributed by atoms with E-state index in [4.69, 9.17) is 26.5 Å². The summed E-state index contributed by atoms with van der Waals surface area (Å²) in [4.78, 5) is 10.6. The largest absolute Gasteiger partial charge is 0.492 e. The quantitative estimate of drug-likeness (QED) is 0.130. The van der Waals surface area contributed by atoms with E-state index < -0.39 is 12.0 Å². The normalized spacial score (nSPS) is 12.9. The van der Waals surface area contributed by atoms with Gasteiger partial charge in [0.25, 0.3) is 0 Å². The van der Waals surface area contributed by atoms with Crippen molar-refractivity contribution in [3.05, 3.63) is 29.8 Å². The molecule has 1 atom stereocenters. The number of primary amides is 1. The fraction of sp³-hybridized carbons (Fsp3) is 0.333. The van der Waals surface area contributed by atoms with Gasteiger partial charge in [0, 0.05) is 18.7 Å². The number of ether oxygens (including phenoxy) is 1. The molecular formula is C12H18N4O4. The zero-order valence-electron chi connectivity index (χ0n) is 10.8. The van der Waals surface area contributed by atoms with Crippen LogP contribution in [0, 0.1) is 0 Å². The molecule has 110 valence electrons. The highest BCUT2D eigenvalue weighted by Crippen LogP contribution is 2.11. The highest BCUT2D eigenvalue weighted by atomic mass is 16.5. The monoisotopic (exact) mass is 282 g/mol. The minimum atomic E-state index is -1.20. The number of aliphatic hydroxyl groups excluding tert-OH is 1. The lowest BCUT2D eigenvalue weighted by atomic mass is 10.2. The van der Waals surface area contributed by atoms with Crippen LogP contribution in [0.5, 0.6) is 5.75 Å². The SMILES string of the molecule is NC(=O)C(O)CNCCOc1ccc(/C(N)=N/O)cc1. The predicted octanol–water partition coefficient (Wildman–Crippen LogP) is -1.40. The highest BCUT2D eigenvalue weighted by Gasteiger charge is 2.08. The molecular weight excluding hydrogens is 264 g/mol. The lowest BCUT2D eigenvalue weighted by Crippen LogP contribution is -2.38. The van der Waals surface area contributed by atoms with Gasteiger partial charge in [-0.25, -0.2) is 0 Å². The summed E-state index contributed by atoms with van der Waals surface area (Å²) in [6, 6.07) is 6.70. The number of nitrogens with one attached hydrogen (secondary N) is 1. The molecule has 0 aliphatic carbocycles. The third kappa shape index (κ3) is 5.12. The second kappa shape index (κ2) is 7.97. The van der Waals surface area contributed by atoms with Gasteiger partial charge in [0.15, 0.2) is 5.84 Å². The second-order valence-electron chi connectivity index (χ2n) is 3.98. The maximum Gasteiger partial charge on any atom is 0.247 e. The Morgan fingerprint density at radius 1 is 1.35 bits per heavy atom. The topological polar surface area (TPSA) is 143 Å². The van der Waals surface area contributed by atoms with Crippen LogP contribution in [0.2, 0.25) is 0 Å². The molecule has 0 spiro atoms. The summed E-state index contributed by atoms with van der Waals surface area (Å²) in [7, 11) is 0. The van der Waals surface area contributed by atoms with Crippen molar-refractivity contribution in [1.82, 2.24) is 5.32 Å². The van der Waals surface area contributed by atoms with Crippen LogP contribution in [0.15, 0.2) is 29.4 Å². The molecule has 1 amide bonds. The Balaban J connectivity index is 2.27. The van der Waals surface area contributed by atoms with Crippen LogP contribution in [-0.2, 0) is 4.79 Å². The fourth-order valence-electron chi connectivity index (χ4n) is 1.36. The maximum absolute atomic E-state index is 10.6. The number of rotatable bonds is 8. The zero-order chi connectivity index (χ0) is 15.0. The molecule has 0 saturated carbocycles. The molecule has 1 aromatic carbocycles. The molecule has 1 rings (SSSR count). The average molecular weight is 282 g/mol.